The molecule has 148 valence electrons. The average Bonchev–Trinajstić information content (AvgIpc) is 2.65. The van der Waals surface area contributed by atoms with E-state index in [-0.39, 0.29) is 5.91 Å². The van der Waals surface area contributed by atoms with Crippen molar-refractivity contribution in [1.82, 2.24) is 0 Å². The van der Waals surface area contributed by atoms with Crippen LogP contribution in [0.1, 0.15) is 75.6 Å². The summed E-state index contributed by atoms with van der Waals surface area (Å²) in [6.45, 7) is 4.50. The molecule has 1 aromatic rings. The highest BCUT2D eigenvalue weighted by atomic mass is 32.2. The van der Waals surface area contributed by atoms with Crippen LogP contribution in [-0.4, -0.2) is 29.2 Å². The van der Waals surface area contributed by atoms with Gasteiger partial charge in [-0.05, 0) is 48.6 Å². The minimum atomic E-state index is -0.362. The van der Waals surface area contributed by atoms with E-state index < -0.39 is 0 Å². The Hall–Kier alpha value is -0.810. The van der Waals surface area contributed by atoms with E-state index in [0.29, 0.717) is 5.56 Å². The summed E-state index contributed by atoms with van der Waals surface area (Å²) in [5, 5.41) is 0. The van der Waals surface area contributed by atoms with Crippen LogP contribution >= 0.6 is 23.5 Å². The lowest BCUT2D eigenvalue weighted by molar-refractivity contribution is 0.100. The molecule has 26 heavy (non-hydrogen) atoms. The second-order valence-electron chi connectivity index (χ2n) is 6.65. The van der Waals surface area contributed by atoms with Crippen molar-refractivity contribution in [2.75, 3.05) is 28.2 Å². The van der Waals surface area contributed by atoms with Crippen LogP contribution < -0.4 is 10.6 Å². The highest BCUT2D eigenvalue weighted by Gasteiger charge is 2.08. The van der Waals surface area contributed by atoms with E-state index >= 15 is 0 Å². The Balaban J connectivity index is 2.47. The molecular formula is C21H36N2OS2. The van der Waals surface area contributed by atoms with Gasteiger partial charge in [-0.3, -0.25) is 4.79 Å². The van der Waals surface area contributed by atoms with E-state index in [9.17, 15) is 4.79 Å². The standard InChI is InChI=1S/C21H36N2OS2/c1-3-5-7-9-15-25-17-23(18-26-16-10-8-6-4-2)20-13-11-19(12-14-20)21(22)24/h11-14H,3-10,15-18H2,1-2H3,(H2,22,24). The van der Waals surface area contributed by atoms with Crippen LogP contribution in [0.5, 0.6) is 0 Å². The Bertz CT molecular complexity index is 463. The van der Waals surface area contributed by atoms with Crippen molar-refractivity contribution in [1.29, 1.82) is 0 Å². The van der Waals surface area contributed by atoms with Crippen LogP contribution in [0, 0.1) is 0 Å². The molecule has 3 nitrogen and oxygen atoms in total. The maximum absolute atomic E-state index is 11.3. The Morgan fingerprint density at radius 2 is 1.35 bits per heavy atom. The lowest BCUT2D eigenvalue weighted by atomic mass is 10.2. The molecule has 1 amide bonds. The number of carbonyl (C=O) groups is 1. The third-order valence-corrected chi connectivity index (χ3v) is 6.44. The molecule has 0 spiro atoms. The first-order chi connectivity index (χ1) is 12.7. The largest absolute Gasteiger partial charge is 0.366 e. The lowest BCUT2D eigenvalue weighted by Crippen LogP contribution is -2.23. The number of anilines is 1. The number of thioether (sulfide) groups is 2. The fraction of sp³-hybridized carbons (Fsp3) is 0.667. The van der Waals surface area contributed by atoms with Crippen molar-refractivity contribution in [3.63, 3.8) is 0 Å². The van der Waals surface area contributed by atoms with Crippen LogP contribution in [0.25, 0.3) is 0 Å². The SMILES string of the molecule is CCCCCCSCN(CSCCCCCC)c1ccc(C(N)=O)cc1. The Labute approximate surface area is 168 Å². The van der Waals surface area contributed by atoms with Gasteiger partial charge in [-0.25, -0.2) is 0 Å². The number of unbranched alkanes of at least 4 members (excludes halogenated alkanes) is 6. The lowest BCUT2D eigenvalue weighted by Gasteiger charge is -2.24. The van der Waals surface area contributed by atoms with Crippen LogP contribution in [0.4, 0.5) is 5.69 Å². The maximum Gasteiger partial charge on any atom is 0.248 e. The van der Waals surface area contributed by atoms with Crippen LogP contribution in [-0.2, 0) is 0 Å². The van der Waals surface area contributed by atoms with E-state index in [4.69, 9.17) is 5.73 Å². The molecule has 0 aliphatic rings. The Morgan fingerprint density at radius 3 is 1.77 bits per heavy atom. The van der Waals surface area contributed by atoms with Crippen molar-refractivity contribution < 1.29 is 4.79 Å². The van der Waals surface area contributed by atoms with Gasteiger partial charge < -0.3 is 10.6 Å². The number of primary amides is 1. The van der Waals surface area contributed by atoms with Gasteiger partial charge in [0.05, 0.1) is 11.8 Å². The first-order valence-corrected chi connectivity index (χ1v) is 12.3. The van der Waals surface area contributed by atoms with Gasteiger partial charge in [0.15, 0.2) is 0 Å². The molecule has 0 unspecified atom stereocenters. The summed E-state index contributed by atoms with van der Waals surface area (Å²) < 4.78 is 0. The fourth-order valence-corrected chi connectivity index (χ4v) is 4.75. The number of nitrogens with zero attached hydrogens (tertiary/aromatic N) is 1. The molecule has 5 heteroatoms. The second-order valence-corrected chi connectivity index (χ2v) is 8.80. The summed E-state index contributed by atoms with van der Waals surface area (Å²) in [6.07, 6.45) is 10.5. The predicted octanol–water partition coefficient (Wildman–Crippen LogP) is 6.13. The van der Waals surface area contributed by atoms with Gasteiger partial charge >= 0.3 is 0 Å². The molecular weight excluding hydrogens is 360 g/mol. The summed E-state index contributed by atoms with van der Waals surface area (Å²) >= 11 is 4.02. The van der Waals surface area contributed by atoms with Crippen LogP contribution in [0.15, 0.2) is 24.3 Å². The molecule has 0 atom stereocenters. The molecule has 2 N–H and O–H groups in total. The molecule has 0 bridgehead atoms. The van der Waals surface area contributed by atoms with E-state index in [1.165, 1.54) is 68.6 Å². The highest BCUT2D eigenvalue weighted by molar-refractivity contribution is 8.00. The van der Waals surface area contributed by atoms with Crippen molar-refractivity contribution in [3.05, 3.63) is 29.8 Å². The van der Waals surface area contributed by atoms with E-state index in [2.05, 4.69) is 18.7 Å². The molecule has 0 saturated carbocycles. The van der Waals surface area contributed by atoms with Crippen LogP contribution in [0.3, 0.4) is 0 Å². The number of carbonyl (C=O) groups excluding carboxylic acids is 1. The smallest absolute Gasteiger partial charge is 0.248 e. The molecule has 0 radical (unpaired) electrons. The average molecular weight is 397 g/mol. The fourth-order valence-electron chi connectivity index (χ4n) is 2.63. The molecule has 1 rings (SSSR count). The Kier molecular flexibility index (Phi) is 13.6. The minimum Gasteiger partial charge on any atom is -0.366 e. The summed E-state index contributed by atoms with van der Waals surface area (Å²) in [6, 6.07) is 7.72. The quantitative estimate of drug-likeness (QED) is 0.269. The van der Waals surface area contributed by atoms with E-state index in [0.717, 1.165) is 11.8 Å². The van der Waals surface area contributed by atoms with Gasteiger partial charge in [0.25, 0.3) is 0 Å². The summed E-state index contributed by atoms with van der Waals surface area (Å²) in [5.41, 5.74) is 7.11. The molecule has 0 aliphatic heterocycles. The van der Waals surface area contributed by atoms with Gasteiger partial charge in [-0.1, -0.05) is 52.4 Å². The zero-order valence-electron chi connectivity index (χ0n) is 16.5. The van der Waals surface area contributed by atoms with Crippen molar-refractivity contribution in [2.45, 2.75) is 65.2 Å². The molecule has 0 saturated heterocycles. The monoisotopic (exact) mass is 396 g/mol. The number of hydrogen-bond acceptors (Lipinski definition) is 4. The number of amides is 1. The van der Waals surface area contributed by atoms with Gasteiger partial charge in [-0.2, -0.15) is 0 Å². The van der Waals surface area contributed by atoms with E-state index in [1.807, 2.05) is 47.8 Å². The van der Waals surface area contributed by atoms with Crippen LogP contribution in [0.2, 0.25) is 0 Å². The molecule has 0 fully saturated rings. The zero-order valence-corrected chi connectivity index (χ0v) is 18.2. The normalized spacial score (nSPS) is 10.8. The third-order valence-electron chi connectivity index (χ3n) is 4.30. The van der Waals surface area contributed by atoms with Gasteiger partial charge in [0.1, 0.15) is 0 Å². The first kappa shape index (κ1) is 23.2. The van der Waals surface area contributed by atoms with Gasteiger partial charge in [-0.15, -0.1) is 23.5 Å². The Morgan fingerprint density at radius 1 is 0.846 bits per heavy atom. The maximum atomic E-state index is 11.3. The number of benzene rings is 1. The second kappa shape index (κ2) is 15.3. The van der Waals surface area contributed by atoms with Crippen molar-refractivity contribution in [2.24, 2.45) is 5.73 Å². The number of hydrogen-bond donors (Lipinski definition) is 1. The zero-order chi connectivity index (χ0) is 19.0. The summed E-state index contributed by atoms with van der Waals surface area (Å²) in [7, 11) is 0. The summed E-state index contributed by atoms with van der Waals surface area (Å²) in [4.78, 5) is 13.7. The molecule has 0 aromatic heterocycles. The van der Waals surface area contributed by atoms with Gasteiger partial charge in [0.2, 0.25) is 5.91 Å². The predicted molar refractivity (Wildman–Crippen MR) is 120 cm³/mol. The molecule has 1 aromatic carbocycles. The third kappa shape index (κ3) is 10.4. The van der Waals surface area contributed by atoms with Gasteiger partial charge in [0, 0.05) is 11.3 Å². The van der Waals surface area contributed by atoms with Crippen molar-refractivity contribution >= 4 is 35.1 Å². The summed E-state index contributed by atoms with van der Waals surface area (Å²) in [5.74, 6) is 4.08. The van der Waals surface area contributed by atoms with Crippen molar-refractivity contribution in [3.8, 4) is 0 Å². The topological polar surface area (TPSA) is 46.3 Å². The minimum absolute atomic E-state index is 0.362. The highest BCUT2D eigenvalue weighted by Crippen LogP contribution is 2.22. The number of nitrogens with two attached hydrogens (primary N) is 1. The molecule has 0 aliphatic carbocycles. The molecule has 0 heterocycles. The first-order valence-electron chi connectivity index (χ1n) is 9.99. The number of rotatable bonds is 16. The van der Waals surface area contributed by atoms with E-state index in [1.54, 1.807) is 0 Å².